The van der Waals surface area contributed by atoms with E-state index in [-0.39, 0.29) is 0 Å². The van der Waals surface area contributed by atoms with E-state index >= 15 is 0 Å². The molecule has 1 aliphatic heterocycles. The third kappa shape index (κ3) is 4.43. The van der Waals surface area contributed by atoms with Crippen molar-refractivity contribution in [1.82, 2.24) is 9.80 Å². The Hall–Kier alpha value is -0.0800. The number of rotatable bonds is 5. The third-order valence-electron chi connectivity index (χ3n) is 3.22. The second-order valence-electron chi connectivity index (χ2n) is 4.85. The maximum Gasteiger partial charge on any atom is 0.0110 e. The van der Waals surface area contributed by atoms with Gasteiger partial charge in [0.1, 0.15) is 0 Å². The molecule has 0 radical (unpaired) electrons. The van der Waals surface area contributed by atoms with Crippen LogP contribution >= 0.6 is 0 Å². The number of nitrogens with zero attached hydrogens (tertiary/aromatic N) is 2. The van der Waals surface area contributed by atoms with E-state index in [2.05, 4.69) is 30.7 Å². The summed E-state index contributed by atoms with van der Waals surface area (Å²) in [7, 11) is 2.22. The van der Waals surface area contributed by atoms with Crippen LogP contribution in [0.1, 0.15) is 33.1 Å². The summed E-state index contributed by atoms with van der Waals surface area (Å²) >= 11 is 0. The molecule has 0 bridgehead atoms. The molecule has 0 aliphatic carbocycles. The molecule has 1 atom stereocenters. The summed E-state index contributed by atoms with van der Waals surface area (Å²) in [6, 6.07) is 0. The van der Waals surface area contributed by atoms with Gasteiger partial charge in [0.25, 0.3) is 0 Å². The molecule has 14 heavy (non-hydrogen) atoms. The summed E-state index contributed by atoms with van der Waals surface area (Å²) in [5.41, 5.74) is 0. The average Bonchev–Trinajstić information content (AvgIpc) is 2.18. The zero-order valence-corrected chi connectivity index (χ0v) is 10.1. The van der Waals surface area contributed by atoms with Crippen LogP contribution in [0.4, 0.5) is 0 Å². The molecule has 2 heteroatoms. The van der Waals surface area contributed by atoms with E-state index in [1.165, 1.54) is 52.0 Å². The zero-order chi connectivity index (χ0) is 10.4. The first-order valence-electron chi connectivity index (χ1n) is 6.13. The molecule has 1 fully saturated rings. The lowest BCUT2D eigenvalue weighted by Gasteiger charge is -2.33. The van der Waals surface area contributed by atoms with Crippen molar-refractivity contribution in [3.8, 4) is 0 Å². The van der Waals surface area contributed by atoms with Gasteiger partial charge in [-0.15, -0.1) is 0 Å². The molecular weight excluding hydrogens is 172 g/mol. The smallest absolute Gasteiger partial charge is 0.0110 e. The van der Waals surface area contributed by atoms with Crippen molar-refractivity contribution in [3.63, 3.8) is 0 Å². The Morgan fingerprint density at radius 3 is 2.36 bits per heavy atom. The Balaban J connectivity index is 2.10. The van der Waals surface area contributed by atoms with E-state index in [9.17, 15) is 0 Å². The van der Waals surface area contributed by atoms with Crippen molar-refractivity contribution in [3.05, 3.63) is 0 Å². The highest BCUT2D eigenvalue weighted by Gasteiger charge is 2.15. The topological polar surface area (TPSA) is 6.48 Å². The summed E-state index contributed by atoms with van der Waals surface area (Å²) in [6.07, 6.45) is 4.14. The van der Waals surface area contributed by atoms with E-state index in [0.29, 0.717) is 0 Å². The minimum absolute atomic E-state index is 0.887. The van der Waals surface area contributed by atoms with Gasteiger partial charge in [0.15, 0.2) is 0 Å². The Morgan fingerprint density at radius 1 is 1.14 bits per heavy atom. The van der Waals surface area contributed by atoms with Crippen LogP contribution in [0.2, 0.25) is 0 Å². The summed E-state index contributed by atoms with van der Waals surface area (Å²) < 4.78 is 0. The standard InChI is InChI=1S/C12H26N2/c1-4-5-6-12(2)11-14-9-7-13(3)8-10-14/h12H,4-11H2,1-3H3. The molecular formula is C12H26N2. The highest BCUT2D eigenvalue weighted by Crippen LogP contribution is 2.10. The second-order valence-corrected chi connectivity index (χ2v) is 4.85. The summed E-state index contributed by atoms with van der Waals surface area (Å²) in [5.74, 6) is 0.887. The molecule has 0 spiro atoms. The van der Waals surface area contributed by atoms with Crippen molar-refractivity contribution in [2.75, 3.05) is 39.8 Å². The highest BCUT2D eigenvalue weighted by molar-refractivity contribution is 4.71. The predicted octanol–water partition coefficient (Wildman–Crippen LogP) is 2.06. The van der Waals surface area contributed by atoms with Gasteiger partial charge in [-0.2, -0.15) is 0 Å². The number of piperazine rings is 1. The van der Waals surface area contributed by atoms with Gasteiger partial charge in [0.05, 0.1) is 0 Å². The summed E-state index contributed by atoms with van der Waals surface area (Å²) in [6.45, 7) is 11.0. The van der Waals surface area contributed by atoms with E-state index < -0.39 is 0 Å². The maximum atomic E-state index is 2.63. The van der Waals surface area contributed by atoms with Gasteiger partial charge < -0.3 is 9.80 Å². The van der Waals surface area contributed by atoms with Crippen molar-refractivity contribution in [1.29, 1.82) is 0 Å². The molecule has 1 rings (SSSR count). The van der Waals surface area contributed by atoms with Gasteiger partial charge in [-0.3, -0.25) is 0 Å². The lowest BCUT2D eigenvalue weighted by Crippen LogP contribution is -2.45. The minimum atomic E-state index is 0.887. The van der Waals surface area contributed by atoms with Gasteiger partial charge in [-0.25, -0.2) is 0 Å². The maximum absolute atomic E-state index is 2.63. The van der Waals surface area contributed by atoms with Crippen molar-refractivity contribution in [2.24, 2.45) is 5.92 Å². The fourth-order valence-electron chi connectivity index (χ4n) is 2.12. The van der Waals surface area contributed by atoms with Gasteiger partial charge in [-0.1, -0.05) is 26.7 Å². The largest absolute Gasteiger partial charge is 0.304 e. The Bertz CT molecular complexity index is 139. The van der Waals surface area contributed by atoms with Gasteiger partial charge in [-0.05, 0) is 19.4 Å². The first kappa shape index (κ1) is 12.0. The lowest BCUT2D eigenvalue weighted by molar-refractivity contribution is 0.136. The van der Waals surface area contributed by atoms with Crippen LogP contribution in [0.5, 0.6) is 0 Å². The molecule has 0 aromatic carbocycles. The third-order valence-corrected chi connectivity index (χ3v) is 3.22. The van der Waals surface area contributed by atoms with E-state index in [4.69, 9.17) is 0 Å². The molecule has 1 aliphatic rings. The fourth-order valence-corrected chi connectivity index (χ4v) is 2.12. The van der Waals surface area contributed by atoms with Crippen LogP contribution in [0.25, 0.3) is 0 Å². The molecule has 2 nitrogen and oxygen atoms in total. The van der Waals surface area contributed by atoms with Crippen molar-refractivity contribution in [2.45, 2.75) is 33.1 Å². The van der Waals surface area contributed by atoms with Gasteiger partial charge in [0.2, 0.25) is 0 Å². The molecule has 1 unspecified atom stereocenters. The van der Waals surface area contributed by atoms with Gasteiger partial charge in [0, 0.05) is 32.7 Å². The van der Waals surface area contributed by atoms with E-state index in [1.807, 2.05) is 0 Å². The van der Waals surface area contributed by atoms with Gasteiger partial charge >= 0.3 is 0 Å². The number of likely N-dealkylation sites (N-methyl/N-ethyl adjacent to an activating group) is 1. The molecule has 84 valence electrons. The monoisotopic (exact) mass is 198 g/mol. The molecule has 0 aromatic rings. The molecule has 0 N–H and O–H groups in total. The lowest BCUT2D eigenvalue weighted by atomic mass is 10.0. The molecule has 0 saturated carbocycles. The first-order valence-corrected chi connectivity index (χ1v) is 6.13. The van der Waals surface area contributed by atoms with E-state index in [0.717, 1.165) is 5.92 Å². The summed E-state index contributed by atoms with van der Waals surface area (Å²) in [4.78, 5) is 5.05. The second kappa shape index (κ2) is 6.41. The van der Waals surface area contributed by atoms with E-state index in [1.54, 1.807) is 0 Å². The van der Waals surface area contributed by atoms with Crippen LogP contribution in [0.3, 0.4) is 0 Å². The highest BCUT2D eigenvalue weighted by atomic mass is 15.2. The van der Waals surface area contributed by atoms with Crippen LogP contribution in [0, 0.1) is 5.92 Å². The minimum Gasteiger partial charge on any atom is -0.304 e. The number of hydrogen-bond donors (Lipinski definition) is 0. The van der Waals surface area contributed by atoms with Crippen LogP contribution in [-0.2, 0) is 0 Å². The number of hydrogen-bond acceptors (Lipinski definition) is 2. The van der Waals surface area contributed by atoms with Crippen molar-refractivity contribution < 1.29 is 0 Å². The average molecular weight is 198 g/mol. The van der Waals surface area contributed by atoms with Crippen LogP contribution in [-0.4, -0.2) is 49.6 Å². The summed E-state index contributed by atoms with van der Waals surface area (Å²) in [5, 5.41) is 0. The van der Waals surface area contributed by atoms with Crippen LogP contribution < -0.4 is 0 Å². The molecule has 1 saturated heterocycles. The molecule has 1 heterocycles. The predicted molar refractivity (Wildman–Crippen MR) is 62.6 cm³/mol. The Kier molecular flexibility index (Phi) is 5.49. The number of unbranched alkanes of at least 4 members (excludes halogenated alkanes) is 1. The normalized spacial score (nSPS) is 22.5. The van der Waals surface area contributed by atoms with Crippen molar-refractivity contribution >= 4 is 0 Å². The SMILES string of the molecule is CCCCC(C)CN1CCN(C)CC1. The Morgan fingerprint density at radius 2 is 1.79 bits per heavy atom. The fraction of sp³-hybridized carbons (Fsp3) is 1.00. The first-order chi connectivity index (χ1) is 6.72. The molecule has 0 amide bonds. The van der Waals surface area contributed by atoms with Crippen LogP contribution in [0.15, 0.2) is 0 Å². The zero-order valence-electron chi connectivity index (χ0n) is 10.1. The Labute approximate surface area is 89.3 Å². The quantitative estimate of drug-likeness (QED) is 0.667. The molecule has 0 aromatic heterocycles.